The van der Waals surface area contributed by atoms with E-state index >= 15 is 0 Å². The summed E-state index contributed by atoms with van der Waals surface area (Å²) in [6.07, 6.45) is 2.42. The number of halogens is 1. The highest BCUT2D eigenvalue weighted by Gasteiger charge is 2.17. The molecule has 20 heavy (non-hydrogen) atoms. The number of carbonyl (C=O) groups excluding carboxylic acids is 1. The Hall–Kier alpha value is -1.43. The molecular formula is C14H19BrN2O3. The Labute approximate surface area is 126 Å². The Morgan fingerprint density at radius 3 is 2.70 bits per heavy atom. The lowest BCUT2D eigenvalue weighted by atomic mass is 9.94. The maximum absolute atomic E-state index is 12.0. The van der Waals surface area contributed by atoms with E-state index in [-0.39, 0.29) is 18.2 Å². The predicted octanol–water partition coefficient (Wildman–Crippen LogP) is 2.71. The molecule has 0 aliphatic carbocycles. The highest BCUT2D eigenvalue weighted by Crippen LogP contribution is 2.16. The monoisotopic (exact) mass is 342 g/mol. The van der Waals surface area contributed by atoms with Gasteiger partial charge in [-0.05, 0) is 46.3 Å². The number of carboxylic acid groups (broad SMARTS) is 1. The minimum absolute atomic E-state index is 0.0622. The first-order valence-electron chi connectivity index (χ1n) is 6.50. The van der Waals surface area contributed by atoms with Gasteiger partial charge in [-0.15, -0.1) is 0 Å². The van der Waals surface area contributed by atoms with Gasteiger partial charge in [-0.25, -0.2) is 4.98 Å². The van der Waals surface area contributed by atoms with Gasteiger partial charge in [0, 0.05) is 19.2 Å². The SMILES string of the molecule is CC(C)C[C@H](CNC(=O)c1cccnc1Br)CC(=O)O. The van der Waals surface area contributed by atoms with Gasteiger partial charge in [-0.1, -0.05) is 13.8 Å². The number of carboxylic acids is 1. The predicted molar refractivity (Wildman–Crippen MR) is 79.5 cm³/mol. The number of aromatic nitrogens is 1. The Balaban J connectivity index is 2.60. The smallest absolute Gasteiger partial charge is 0.303 e. The lowest BCUT2D eigenvalue weighted by Gasteiger charge is -2.17. The normalized spacial score (nSPS) is 12.2. The van der Waals surface area contributed by atoms with Gasteiger partial charge in [0.05, 0.1) is 5.56 Å². The molecule has 1 amide bonds. The number of amides is 1. The highest BCUT2D eigenvalue weighted by atomic mass is 79.9. The maximum atomic E-state index is 12.0. The van der Waals surface area contributed by atoms with Crippen LogP contribution in [0.1, 0.15) is 37.0 Å². The fourth-order valence-electron chi connectivity index (χ4n) is 2.04. The fourth-order valence-corrected chi connectivity index (χ4v) is 2.47. The molecule has 0 aliphatic heterocycles. The molecule has 0 unspecified atom stereocenters. The van der Waals surface area contributed by atoms with Crippen LogP contribution in [0.3, 0.4) is 0 Å². The van der Waals surface area contributed by atoms with Crippen molar-refractivity contribution in [3.63, 3.8) is 0 Å². The zero-order chi connectivity index (χ0) is 15.1. The number of rotatable bonds is 7. The number of nitrogens with zero attached hydrogens (tertiary/aromatic N) is 1. The third kappa shape index (κ3) is 5.69. The van der Waals surface area contributed by atoms with E-state index in [2.05, 4.69) is 26.2 Å². The van der Waals surface area contributed by atoms with E-state index in [0.29, 0.717) is 22.6 Å². The molecule has 0 saturated carbocycles. The van der Waals surface area contributed by atoms with Gasteiger partial charge < -0.3 is 10.4 Å². The molecule has 0 fully saturated rings. The number of pyridine rings is 1. The van der Waals surface area contributed by atoms with Gasteiger partial charge in [0.25, 0.3) is 5.91 Å². The molecule has 110 valence electrons. The first-order chi connectivity index (χ1) is 9.40. The van der Waals surface area contributed by atoms with Crippen LogP contribution in [0.4, 0.5) is 0 Å². The molecule has 2 N–H and O–H groups in total. The van der Waals surface area contributed by atoms with Gasteiger partial charge in [0.15, 0.2) is 0 Å². The molecule has 0 aromatic carbocycles. The molecule has 0 saturated heterocycles. The molecule has 1 atom stereocenters. The maximum Gasteiger partial charge on any atom is 0.303 e. The van der Waals surface area contributed by atoms with Crippen LogP contribution in [0.5, 0.6) is 0 Å². The topological polar surface area (TPSA) is 79.3 Å². The number of hydrogen-bond donors (Lipinski definition) is 2. The molecule has 0 spiro atoms. The van der Waals surface area contributed by atoms with Gasteiger partial charge in [-0.3, -0.25) is 9.59 Å². The minimum atomic E-state index is -0.840. The second-order valence-corrected chi connectivity index (χ2v) is 5.90. The van der Waals surface area contributed by atoms with Crippen LogP contribution >= 0.6 is 15.9 Å². The molecule has 0 aliphatic rings. The summed E-state index contributed by atoms with van der Waals surface area (Å²) in [6, 6.07) is 3.35. The van der Waals surface area contributed by atoms with E-state index in [4.69, 9.17) is 5.11 Å². The Kier molecular flexibility index (Phi) is 6.64. The summed E-state index contributed by atoms with van der Waals surface area (Å²) >= 11 is 3.22. The van der Waals surface area contributed by atoms with Crippen molar-refractivity contribution in [3.8, 4) is 0 Å². The second kappa shape index (κ2) is 7.99. The van der Waals surface area contributed by atoms with Crippen LogP contribution in [-0.4, -0.2) is 28.5 Å². The number of carbonyl (C=O) groups is 2. The minimum Gasteiger partial charge on any atom is -0.481 e. The lowest BCUT2D eigenvalue weighted by molar-refractivity contribution is -0.138. The summed E-state index contributed by atoms with van der Waals surface area (Å²) < 4.78 is 0.483. The van der Waals surface area contributed by atoms with Crippen LogP contribution in [0.15, 0.2) is 22.9 Å². The van der Waals surface area contributed by atoms with Crippen molar-refractivity contribution in [2.45, 2.75) is 26.7 Å². The van der Waals surface area contributed by atoms with E-state index < -0.39 is 5.97 Å². The Morgan fingerprint density at radius 2 is 2.15 bits per heavy atom. The van der Waals surface area contributed by atoms with Gasteiger partial charge in [-0.2, -0.15) is 0 Å². The number of aliphatic carboxylic acids is 1. The van der Waals surface area contributed by atoms with Crippen molar-refractivity contribution in [2.24, 2.45) is 11.8 Å². The molecular weight excluding hydrogens is 324 g/mol. The van der Waals surface area contributed by atoms with Crippen molar-refractivity contribution < 1.29 is 14.7 Å². The lowest BCUT2D eigenvalue weighted by Crippen LogP contribution is -2.31. The number of nitrogens with one attached hydrogen (secondary N) is 1. The summed E-state index contributed by atoms with van der Waals surface area (Å²) in [6.45, 7) is 4.42. The Bertz CT molecular complexity index is 477. The standard InChI is InChI=1S/C14H19BrN2O3/c1-9(2)6-10(7-12(18)19)8-17-14(20)11-4-3-5-16-13(11)15/h3-5,9-10H,6-8H2,1-2H3,(H,17,20)(H,18,19)/t10-/m0/s1. The average molecular weight is 343 g/mol. The first kappa shape index (κ1) is 16.6. The largest absolute Gasteiger partial charge is 0.481 e. The summed E-state index contributed by atoms with van der Waals surface area (Å²) in [5.74, 6) is -0.759. The van der Waals surface area contributed by atoms with Gasteiger partial charge in [0.1, 0.15) is 4.60 Å². The zero-order valence-corrected chi connectivity index (χ0v) is 13.2. The van der Waals surface area contributed by atoms with E-state index in [9.17, 15) is 9.59 Å². The van der Waals surface area contributed by atoms with Crippen LogP contribution in [-0.2, 0) is 4.79 Å². The van der Waals surface area contributed by atoms with Crippen molar-refractivity contribution >= 4 is 27.8 Å². The van der Waals surface area contributed by atoms with Crippen LogP contribution in [0.25, 0.3) is 0 Å². The molecule has 1 rings (SSSR count). The van der Waals surface area contributed by atoms with Crippen molar-refractivity contribution in [3.05, 3.63) is 28.5 Å². The van der Waals surface area contributed by atoms with Gasteiger partial charge in [0.2, 0.25) is 0 Å². The Morgan fingerprint density at radius 1 is 1.45 bits per heavy atom. The first-order valence-corrected chi connectivity index (χ1v) is 7.30. The third-order valence-corrected chi connectivity index (χ3v) is 3.45. The molecule has 0 bridgehead atoms. The van der Waals surface area contributed by atoms with Gasteiger partial charge >= 0.3 is 5.97 Å². The second-order valence-electron chi connectivity index (χ2n) is 5.15. The van der Waals surface area contributed by atoms with Crippen LogP contribution in [0.2, 0.25) is 0 Å². The van der Waals surface area contributed by atoms with Crippen molar-refractivity contribution in [1.29, 1.82) is 0 Å². The van der Waals surface area contributed by atoms with E-state index in [1.165, 1.54) is 0 Å². The van der Waals surface area contributed by atoms with E-state index in [1.54, 1.807) is 18.3 Å². The summed E-state index contributed by atoms with van der Waals surface area (Å²) in [7, 11) is 0. The quantitative estimate of drug-likeness (QED) is 0.746. The van der Waals surface area contributed by atoms with Crippen molar-refractivity contribution in [2.75, 3.05) is 6.54 Å². The zero-order valence-electron chi connectivity index (χ0n) is 11.6. The van der Waals surface area contributed by atoms with Crippen molar-refractivity contribution in [1.82, 2.24) is 10.3 Å². The number of hydrogen-bond acceptors (Lipinski definition) is 3. The molecule has 1 heterocycles. The molecule has 6 heteroatoms. The molecule has 0 radical (unpaired) electrons. The summed E-state index contributed by atoms with van der Waals surface area (Å²) in [4.78, 5) is 26.8. The molecule has 1 aromatic rings. The van der Waals surface area contributed by atoms with Crippen LogP contribution in [0, 0.1) is 11.8 Å². The highest BCUT2D eigenvalue weighted by molar-refractivity contribution is 9.10. The molecule has 1 aromatic heterocycles. The fraction of sp³-hybridized carbons (Fsp3) is 0.500. The molecule has 5 nitrogen and oxygen atoms in total. The average Bonchev–Trinajstić information content (AvgIpc) is 2.34. The van der Waals surface area contributed by atoms with E-state index in [0.717, 1.165) is 6.42 Å². The van der Waals surface area contributed by atoms with E-state index in [1.807, 2.05) is 13.8 Å². The summed E-state index contributed by atoms with van der Waals surface area (Å²) in [5.41, 5.74) is 0.450. The summed E-state index contributed by atoms with van der Waals surface area (Å²) in [5, 5.41) is 11.7. The third-order valence-electron chi connectivity index (χ3n) is 2.82. The van der Waals surface area contributed by atoms with Crippen LogP contribution < -0.4 is 5.32 Å².